The summed E-state index contributed by atoms with van der Waals surface area (Å²) in [6.07, 6.45) is 1.47. The molecule has 0 atom stereocenters. The normalized spacial score (nSPS) is 10.6. The summed E-state index contributed by atoms with van der Waals surface area (Å²) in [5.41, 5.74) is 2.61. The van der Waals surface area contributed by atoms with Crippen molar-refractivity contribution in [1.82, 2.24) is 14.8 Å². The molecule has 0 aliphatic heterocycles. The minimum atomic E-state index is -0.136. The van der Waals surface area contributed by atoms with Crippen LogP contribution in [0.25, 0.3) is 0 Å². The highest BCUT2D eigenvalue weighted by atomic mass is 35.5. The monoisotopic (exact) mass is 249 g/mol. The Labute approximate surface area is 104 Å². The van der Waals surface area contributed by atoms with Gasteiger partial charge < -0.3 is 0 Å². The summed E-state index contributed by atoms with van der Waals surface area (Å²) >= 11 is 5.95. The zero-order valence-corrected chi connectivity index (χ0v) is 10.6. The van der Waals surface area contributed by atoms with Crippen LogP contribution in [0.1, 0.15) is 27.4 Å². The van der Waals surface area contributed by atoms with E-state index < -0.39 is 0 Å². The number of carbonyl (C=O) groups is 1. The van der Waals surface area contributed by atoms with E-state index in [9.17, 15) is 4.79 Å². The van der Waals surface area contributed by atoms with Crippen LogP contribution in [0.3, 0.4) is 0 Å². The minimum Gasteiger partial charge on any atom is -0.287 e. The summed E-state index contributed by atoms with van der Waals surface area (Å²) in [6.45, 7) is 3.71. The molecule has 0 unspecified atom stereocenters. The third-order valence-corrected chi connectivity index (χ3v) is 2.73. The third-order valence-electron chi connectivity index (χ3n) is 2.45. The van der Waals surface area contributed by atoms with E-state index in [0.29, 0.717) is 16.3 Å². The maximum absolute atomic E-state index is 12.3. The van der Waals surface area contributed by atoms with Crippen molar-refractivity contribution in [1.29, 1.82) is 0 Å². The molecule has 2 aromatic heterocycles. The van der Waals surface area contributed by atoms with E-state index >= 15 is 0 Å². The minimum absolute atomic E-state index is 0.136. The highest BCUT2D eigenvalue weighted by Crippen LogP contribution is 2.19. The van der Waals surface area contributed by atoms with Crippen LogP contribution in [0.4, 0.5) is 0 Å². The smallest absolute Gasteiger partial charge is 0.212 e. The van der Waals surface area contributed by atoms with Crippen LogP contribution in [-0.4, -0.2) is 20.5 Å². The molecule has 0 N–H and O–H groups in total. The largest absolute Gasteiger partial charge is 0.287 e. The van der Waals surface area contributed by atoms with Crippen LogP contribution in [0, 0.1) is 13.8 Å². The summed E-state index contributed by atoms with van der Waals surface area (Å²) in [6, 6.07) is 3.50. The second-order valence-corrected chi connectivity index (χ2v) is 4.34. The molecule has 5 heteroatoms. The molecule has 17 heavy (non-hydrogen) atoms. The van der Waals surface area contributed by atoms with Crippen molar-refractivity contribution in [3.8, 4) is 0 Å². The predicted octanol–water partition coefficient (Wildman–Crippen LogP) is 2.32. The van der Waals surface area contributed by atoms with Gasteiger partial charge in [-0.25, -0.2) is 0 Å². The second kappa shape index (κ2) is 4.30. The molecule has 0 radical (unpaired) electrons. The van der Waals surface area contributed by atoms with Gasteiger partial charge in [-0.1, -0.05) is 11.6 Å². The van der Waals surface area contributed by atoms with Gasteiger partial charge in [0, 0.05) is 24.0 Å². The molecule has 88 valence electrons. The Hall–Kier alpha value is -1.68. The van der Waals surface area contributed by atoms with Crippen LogP contribution in [-0.2, 0) is 7.05 Å². The molecule has 0 aliphatic rings. The van der Waals surface area contributed by atoms with Gasteiger partial charge in [-0.3, -0.25) is 14.5 Å². The first-order chi connectivity index (χ1) is 7.99. The first-order valence-corrected chi connectivity index (χ1v) is 5.54. The number of hydrogen-bond donors (Lipinski definition) is 0. The van der Waals surface area contributed by atoms with Gasteiger partial charge in [-0.15, -0.1) is 0 Å². The number of nitrogens with zero attached hydrogens (tertiary/aromatic N) is 3. The molecule has 0 bridgehead atoms. The average Bonchev–Trinajstić information content (AvgIpc) is 2.56. The van der Waals surface area contributed by atoms with Gasteiger partial charge in [0.15, 0.2) is 0 Å². The summed E-state index contributed by atoms with van der Waals surface area (Å²) in [5, 5.41) is 4.32. The zero-order chi connectivity index (χ0) is 12.6. The summed E-state index contributed by atoms with van der Waals surface area (Å²) in [5.74, 6) is -0.136. The van der Waals surface area contributed by atoms with Gasteiger partial charge in [0.25, 0.3) is 0 Å². The van der Waals surface area contributed by atoms with E-state index in [1.54, 1.807) is 19.2 Å². The lowest BCUT2D eigenvalue weighted by Gasteiger charge is -2.04. The van der Waals surface area contributed by atoms with Crippen molar-refractivity contribution < 1.29 is 4.79 Å². The van der Waals surface area contributed by atoms with Crippen molar-refractivity contribution in [2.75, 3.05) is 0 Å². The van der Waals surface area contributed by atoms with Crippen LogP contribution in [0.2, 0.25) is 5.02 Å². The highest BCUT2D eigenvalue weighted by Gasteiger charge is 2.18. The average molecular weight is 250 g/mol. The maximum atomic E-state index is 12.3. The molecule has 0 saturated heterocycles. The molecule has 4 nitrogen and oxygen atoms in total. The van der Waals surface area contributed by atoms with Gasteiger partial charge >= 0.3 is 0 Å². The van der Waals surface area contributed by atoms with E-state index in [1.165, 1.54) is 10.9 Å². The van der Waals surface area contributed by atoms with E-state index in [-0.39, 0.29) is 5.78 Å². The van der Waals surface area contributed by atoms with Crippen LogP contribution < -0.4 is 0 Å². The summed E-state index contributed by atoms with van der Waals surface area (Å²) < 4.78 is 1.48. The molecule has 2 aromatic rings. The Kier molecular flexibility index (Phi) is 2.98. The fourth-order valence-electron chi connectivity index (χ4n) is 1.77. The number of rotatable bonds is 2. The van der Waals surface area contributed by atoms with Gasteiger partial charge in [-0.2, -0.15) is 5.10 Å². The molecule has 0 aliphatic carbocycles. The SMILES string of the molecule is Cc1cc(C(=O)c2c(Cl)cnn2C)cc(C)n1. The van der Waals surface area contributed by atoms with Gasteiger partial charge in [-0.05, 0) is 26.0 Å². The van der Waals surface area contributed by atoms with Gasteiger partial charge in [0.2, 0.25) is 5.78 Å². The van der Waals surface area contributed by atoms with Crippen molar-refractivity contribution >= 4 is 17.4 Å². The number of aryl methyl sites for hydroxylation is 3. The van der Waals surface area contributed by atoms with Crippen molar-refractivity contribution in [3.05, 3.63) is 46.0 Å². The topological polar surface area (TPSA) is 47.8 Å². The van der Waals surface area contributed by atoms with E-state index in [1.807, 2.05) is 13.8 Å². The van der Waals surface area contributed by atoms with Crippen LogP contribution in [0.15, 0.2) is 18.3 Å². The number of aromatic nitrogens is 3. The maximum Gasteiger partial charge on any atom is 0.212 e. The Balaban J connectivity index is 2.51. The molecular formula is C12H12ClN3O. The molecule has 0 fully saturated rings. The Morgan fingerprint density at radius 2 is 1.88 bits per heavy atom. The molecule has 2 rings (SSSR count). The van der Waals surface area contributed by atoms with Crippen LogP contribution in [0.5, 0.6) is 0 Å². The summed E-state index contributed by atoms with van der Waals surface area (Å²) in [7, 11) is 1.69. The molecule has 0 spiro atoms. The quantitative estimate of drug-likeness (QED) is 0.768. The Morgan fingerprint density at radius 1 is 1.29 bits per heavy atom. The third kappa shape index (κ3) is 2.22. The molecule has 0 amide bonds. The first kappa shape index (κ1) is 11.8. The number of hydrogen-bond acceptors (Lipinski definition) is 3. The number of halogens is 1. The molecule has 2 heterocycles. The van der Waals surface area contributed by atoms with Gasteiger partial charge in [0.1, 0.15) is 5.69 Å². The number of pyridine rings is 1. The number of ketones is 1. The van der Waals surface area contributed by atoms with Crippen molar-refractivity contribution in [2.24, 2.45) is 7.05 Å². The molecular weight excluding hydrogens is 238 g/mol. The lowest BCUT2D eigenvalue weighted by Crippen LogP contribution is -2.09. The zero-order valence-electron chi connectivity index (χ0n) is 9.86. The Bertz CT molecular complexity index is 550. The fourth-order valence-corrected chi connectivity index (χ4v) is 2.02. The van der Waals surface area contributed by atoms with Crippen molar-refractivity contribution in [3.63, 3.8) is 0 Å². The Morgan fingerprint density at radius 3 is 2.35 bits per heavy atom. The first-order valence-electron chi connectivity index (χ1n) is 5.16. The molecule has 0 saturated carbocycles. The van der Waals surface area contributed by atoms with E-state index in [4.69, 9.17) is 11.6 Å². The summed E-state index contributed by atoms with van der Waals surface area (Å²) in [4.78, 5) is 16.5. The fraction of sp³-hybridized carbons (Fsp3) is 0.250. The standard InChI is InChI=1S/C12H12ClN3O/c1-7-4-9(5-8(2)15-7)12(17)11-10(13)6-14-16(11)3/h4-6H,1-3H3. The lowest BCUT2D eigenvalue weighted by atomic mass is 10.1. The second-order valence-electron chi connectivity index (χ2n) is 3.93. The van der Waals surface area contributed by atoms with E-state index in [2.05, 4.69) is 10.1 Å². The van der Waals surface area contributed by atoms with Crippen LogP contribution >= 0.6 is 11.6 Å². The molecule has 0 aromatic carbocycles. The lowest BCUT2D eigenvalue weighted by molar-refractivity contribution is 0.103. The van der Waals surface area contributed by atoms with Gasteiger partial charge in [0.05, 0.1) is 11.2 Å². The van der Waals surface area contributed by atoms with Crippen molar-refractivity contribution in [2.45, 2.75) is 13.8 Å². The highest BCUT2D eigenvalue weighted by molar-refractivity contribution is 6.34. The predicted molar refractivity (Wildman–Crippen MR) is 65.4 cm³/mol. The van der Waals surface area contributed by atoms with E-state index in [0.717, 1.165) is 11.4 Å². The number of carbonyl (C=O) groups excluding carboxylic acids is 1.